The Morgan fingerprint density at radius 1 is 1.07 bits per heavy atom. The number of carbonyl (C=O) groups is 3. The first-order chi connectivity index (χ1) is 14.4. The number of anilines is 1. The fraction of sp³-hybridized carbons (Fsp3) is 0.318. The van der Waals surface area contributed by atoms with Crippen LogP contribution in [0, 0.1) is 0 Å². The lowest BCUT2D eigenvalue weighted by atomic mass is 10.1. The van der Waals surface area contributed by atoms with E-state index in [0.29, 0.717) is 11.4 Å². The molecule has 0 radical (unpaired) electrons. The molecule has 0 saturated carbocycles. The summed E-state index contributed by atoms with van der Waals surface area (Å²) in [6.07, 6.45) is -1.02. The van der Waals surface area contributed by atoms with Gasteiger partial charge in [-0.15, -0.1) is 11.8 Å². The van der Waals surface area contributed by atoms with Crippen molar-refractivity contribution in [1.82, 2.24) is 0 Å². The van der Waals surface area contributed by atoms with Crippen molar-refractivity contribution in [2.45, 2.75) is 29.6 Å². The SMILES string of the molecule is COC(=O)CCN1C(=O)C(OC(C)=O)C(c2ccc(OC)cc2)Sc2ccccc21. The Morgan fingerprint density at radius 2 is 1.77 bits per heavy atom. The highest BCUT2D eigenvalue weighted by molar-refractivity contribution is 7.99. The molecule has 1 heterocycles. The standard InChI is InChI=1S/C22H23NO6S/c1-14(24)29-20-21(15-8-10-16(27-2)11-9-15)30-18-7-5-4-6-17(18)23(22(20)26)13-12-19(25)28-3/h4-11,20-21H,12-13H2,1-3H3. The number of rotatable bonds is 6. The lowest BCUT2D eigenvalue weighted by Crippen LogP contribution is -2.43. The number of hydrogen-bond donors (Lipinski definition) is 0. The molecule has 2 atom stereocenters. The van der Waals surface area contributed by atoms with Crippen LogP contribution in [-0.2, 0) is 23.9 Å². The van der Waals surface area contributed by atoms with Crippen LogP contribution in [-0.4, -0.2) is 44.7 Å². The molecule has 1 aliphatic heterocycles. The number of ether oxygens (including phenoxy) is 3. The van der Waals surface area contributed by atoms with E-state index in [-0.39, 0.29) is 18.9 Å². The first-order valence-corrected chi connectivity index (χ1v) is 10.3. The van der Waals surface area contributed by atoms with Gasteiger partial charge in [0.05, 0.1) is 31.6 Å². The Balaban J connectivity index is 2.04. The van der Waals surface area contributed by atoms with Gasteiger partial charge >= 0.3 is 11.9 Å². The van der Waals surface area contributed by atoms with Crippen molar-refractivity contribution in [1.29, 1.82) is 0 Å². The maximum absolute atomic E-state index is 13.5. The first kappa shape index (κ1) is 21.7. The minimum atomic E-state index is -1.05. The smallest absolute Gasteiger partial charge is 0.307 e. The number of carbonyl (C=O) groups excluding carboxylic acids is 3. The predicted octanol–water partition coefficient (Wildman–Crippen LogP) is 3.37. The summed E-state index contributed by atoms with van der Waals surface area (Å²) in [6.45, 7) is 1.40. The number of thioether (sulfide) groups is 1. The van der Waals surface area contributed by atoms with Crippen LogP contribution in [0.25, 0.3) is 0 Å². The van der Waals surface area contributed by atoms with Crippen molar-refractivity contribution in [3.63, 3.8) is 0 Å². The number of fused-ring (bicyclic) bond motifs is 1. The summed E-state index contributed by atoms with van der Waals surface area (Å²) in [5, 5.41) is -0.461. The van der Waals surface area contributed by atoms with Crippen molar-refractivity contribution in [2.24, 2.45) is 0 Å². The summed E-state index contributed by atoms with van der Waals surface area (Å²) in [7, 11) is 2.88. The summed E-state index contributed by atoms with van der Waals surface area (Å²) >= 11 is 1.45. The van der Waals surface area contributed by atoms with Gasteiger partial charge in [-0.25, -0.2) is 0 Å². The van der Waals surface area contributed by atoms with Gasteiger partial charge in [0, 0.05) is 18.4 Å². The molecule has 2 aromatic rings. The third-order valence-electron chi connectivity index (χ3n) is 4.70. The largest absolute Gasteiger partial charge is 0.497 e. The van der Waals surface area contributed by atoms with Crippen LogP contribution < -0.4 is 9.64 Å². The lowest BCUT2D eigenvalue weighted by molar-refractivity contribution is -0.153. The molecular weight excluding hydrogens is 406 g/mol. The fourth-order valence-electron chi connectivity index (χ4n) is 3.24. The van der Waals surface area contributed by atoms with Crippen molar-refractivity contribution < 1.29 is 28.6 Å². The Morgan fingerprint density at radius 3 is 2.40 bits per heavy atom. The van der Waals surface area contributed by atoms with Gasteiger partial charge in [-0.2, -0.15) is 0 Å². The van der Waals surface area contributed by atoms with Gasteiger partial charge in [-0.05, 0) is 29.8 Å². The highest BCUT2D eigenvalue weighted by Gasteiger charge is 2.40. The average Bonchev–Trinajstić information content (AvgIpc) is 2.87. The maximum atomic E-state index is 13.5. The summed E-state index contributed by atoms with van der Waals surface area (Å²) in [6, 6.07) is 14.7. The molecule has 2 aromatic carbocycles. The highest BCUT2D eigenvalue weighted by Crippen LogP contribution is 2.46. The Bertz CT molecular complexity index is 929. The Kier molecular flexibility index (Phi) is 6.99. The van der Waals surface area contributed by atoms with Crippen LogP contribution in [0.15, 0.2) is 53.4 Å². The minimum Gasteiger partial charge on any atom is -0.497 e. The van der Waals surface area contributed by atoms with Crippen LogP contribution in [0.2, 0.25) is 0 Å². The summed E-state index contributed by atoms with van der Waals surface area (Å²) in [5.74, 6) is -0.667. The number of para-hydroxylation sites is 1. The molecule has 0 spiro atoms. The number of benzene rings is 2. The quantitative estimate of drug-likeness (QED) is 0.651. The zero-order chi connectivity index (χ0) is 21.7. The van der Waals surface area contributed by atoms with Crippen LogP contribution in [0.1, 0.15) is 24.2 Å². The van der Waals surface area contributed by atoms with Crippen LogP contribution in [0.4, 0.5) is 5.69 Å². The number of nitrogens with zero attached hydrogens (tertiary/aromatic N) is 1. The van der Waals surface area contributed by atoms with E-state index in [9.17, 15) is 14.4 Å². The van der Waals surface area contributed by atoms with Gasteiger partial charge in [0.1, 0.15) is 5.75 Å². The van der Waals surface area contributed by atoms with E-state index >= 15 is 0 Å². The molecular formula is C22H23NO6S. The predicted molar refractivity (Wildman–Crippen MR) is 113 cm³/mol. The molecule has 3 rings (SSSR count). The topological polar surface area (TPSA) is 82.1 Å². The second-order valence-corrected chi connectivity index (χ2v) is 7.81. The van der Waals surface area contributed by atoms with Gasteiger partial charge in [-0.3, -0.25) is 14.4 Å². The Hall–Kier alpha value is -3.00. The van der Waals surface area contributed by atoms with Gasteiger partial charge < -0.3 is 19.1 Å². The number of amides is 1. The van der Waals surface area contributed by atoms with Crippen LogP contribution >= 0.6 is 11.8 Å². The van der Waals surface area contributed by atoms with E-state index in [0.717, 1.165) is 10.5 Å². The lowest BCUT2D eigenvalue weighted by Gasteiger charge is -2.27. The van der Waals surface area contributed by atoms with Gasteiger partial charge in [-0.1, -0.05) is 24.3 Å². The molecule has 7 nitrogen and oxygen atoms in total. The number of hydrogen-bond acceptors (Lipinski definition) is 7. The molecule has 158 valence electrons. The fourth-order valence-corrected chi connectivity index (χ4v) is 4.56. The van der Waals surface area contributed by atoms with Gasteiger partial charge in [0.2, 0.25) is 0 Å². The molecule has 0 N–H and O–H groups in total. The molecule has 0 aromatic heterocycles. The molecule has 0 saturated heterocycles. The third kappa shape index (κ3) is 4.76. The monoisotopic (exact) mass is 429 g/mol. The van der Waals surface area contributed by atoms with Crippen LogP contribution in [0.3, 0.4) is 0 Å². The average molecular weight is 429 g/mol. The molecule has 8 heteroatoms. The summed E-state index contributed by atoms with van der Waals surface area (Å²) < 4.78 is 15.4. The Labute approximate surface area is 179 Å². The van der Waals surface area contributed by atoms with Crippen LogP contribution in [0.5, 0.6) is 5.75 Å². The second kappa shape index (κ2) is 9.67. The third-order valence-corrected chi connectivity index (χ3v) is 6.07. The molecule has 1 amide bonds. The van der Waals surface area contributed by atoms with E-state index in [1.165, 1.54) is 30.7 Å². The van der Waals surface area contributed by atoms with E-state index in [1.807, 2.05) is 36.4 Å². The van der Waals surface area contributed by atoms with E-state index in [4.69, 9.17) is 14.2 Å². The zero-order valence-electron chi connectivity index (χ0n) is 17.0. The maximum Gasteiger partial charge on any atom is 0.307 e. The summed E-state index contributed by atoms with van der Waals surface area (Å²) in [4.78, 5) is 39.4. The molecule has 2 unspecified atom stereocenters. The van der Waals surface area contributed by atoms with E-state index < -0.39 is 23.3 Å². The van der Waals surface area contributed by atoms with Crippen molar-refractivity contribution in [2.75, 3.05) is 25.7 Å². The van der Waals surface area contributed by atoms with Crippen molar-refractivity contribution in [3.05, 3.63) is 54.1 Å². The normalized spacial score (nSPS) is 18.2. The van der Waals surface area contributed by atoms with Gasteiger partial charge in [0.15, 0.2) is 6.10 Å². The molecule has 1 aliphatic rings. The number of esters is 2. The highest BCUT2D eigenvalue weighted by atomic mass is 32.2. The van der Waals surface area contributed by atoms with Crippen molar-refractivity contribution in [3.8, 4) is 5.75 Å². The summed E-state index contributed by atoms with van der Waals surface area (Å²) in [5.41, 5.74) is 1.49. The minimum absolute atomic E-state index is 0.0290. The van der Waals surface area contributed by atoms with E-state index in [1.54, 1.807) is 19.2 Å². The molecule has 30 heavy (non-hydrogen) atoms. The van der Waals surface area contributed by atoms with E-state index in [2.05, 4.69) is 0 Å². The van der Waals surface area contributed by atoms with Crippen molar-refractivity contribution >= 4 is 35.3 Å². The molecule has 0 fully saturated rings. The zero-order valence-corrected chi connectivity index (χ0v) is 17.8. The second-order valence-electron chi connectivity index (χ2n) is 6.63. The van der Waals surface area contributed by atoms with Gasteiger partial charge in [0.25, 0.3) is 5.91 Å². The molecule has 0 bridgehead atoms. The number of methoxy groups -OCH3 is 2. The molecule has 0 aliphatic carbocycles. The first-order valence-electron chi connectivity index (χ1n) is 9.39.